The summed E-state index contributed by atoms with van der Waals surface area (Å²) >= 11 is 1.61. The summed E-state index contributed by atoms with van der Waals surface area (Å²) in [5, 5.41) is 2.86. The summed E-state index contributed by atoms with van der Waals surface area (Å²) in [7, 11) is 0. The van der Waals surface area contributed by atoms with Crippen molar-refractivity contribution in [2.24, 2.45) is 0 Å². The lowest BCUT2D eigenvalue weighted by Crippen LogP contribution is -2.11. The van der Waals surface area contributed by atoms with Crippen LogP contribution in [0, 0.1) is 0 Å². The van der Waals surface area contributed by atoms with Gasteiger partial charge in [0.15, 0.2) is 0 Å². The summed E-state index contributed by atoms with van der Waals surface area (Å²) in [6, 6.07) is 3.75. The largest absolute Gasteiger partial charge is 0.396 e. The number of carbonyl (C=O) groups is 1. The van der Waals surface area contributed by atoms with E-state index in [0.29, 0.717) is 11.4 Å². The molecule has 0 saturated carbocycles. The molecule has 0 radical (unpaired) electrons. The van der Waals surface area contributed by atoms with Crippen molar-refractivity contribution in [3.05, 3.63) is 39.8 Å². The van der Waals surface area contributed by atoms with E-state index in [9.17, 15) is 4.79 Å². The van der Waals surface area contributed by atoms with Crippen LogP contribution < -0.4 is 11.1 Å². The first-order chi connectivity index (χ1) is 9.74. The summed E-state index contributed by atoms with van der Waals surface area (Å²) in [5.74, 6) is -0.0824. The molecule has 3 rings (SSSR count). The first kappa shape index (κ1) is 13.1. The number of nitrogens with two attached hydrogens (primary N) is 1. The average molecular weight is 287 g/mol. The maximum absolute atomic E-state index is 12.3. The van der Waals surface area contributed by atoms with Crippen LogP contribution in [0.3, 0.4) is 0 Å². The van der Waals surface area contributed by atoms with E-state index in [2.05, 4.69) is 10.3 Å². The lowest BCUT2D eigenvalue weighted by atomic mass is 10.1. The van der Waals surface area contributed by atoms with Crippen LogP contribution in [0.15, 0.2) is 24.5 Å². The molecule has 0 spiro atoms. The van der Waals surface area contributed by atoms with Crippen molar-refractivity contribution in [3.8, 4) is 0 Å². The van der Waals surface area contributed by atoms with Crippen LogP contribution in [0.25, 0.3) is 0 Å². The molecule has 2 heterocycles. The molecule has 0 atom stereocenters. The smallest absolute Gasteiger partial charge is 0.265 e. The molecule has 1 aliphatic carbocycles. The molecule has 0 bridgehead atoms. The number of anilines is 2. The lowest BCUT2D eigenvalue weighted by Gasteiger charge is -2.05. The van der Waals surface area contributed by atoms with Crippen LogP contribution >= 0.6 is 11.3 Å². The zero-order valence-corrected chi connectivity index (χ0v) is 12.0. The number of thiophene rings is 1. The minimum Gasteiger partial charge on any atom is -0.396 e. The molecule has 104 valence electrons. The number of hydrogen-bond acceptors (Lipinski definition) is 4. The summed E-state index contributed by atoms with van der Waals surface area (Å²) in [5.41, 5.74) is 8.24. The Bertz CT molecular complexity index is 612. The molecule has 1 aliphatic rings. The van der Waals surface area contributed by atoms with Gasteiger partial charge in [0.2, 0.25) is 0 Å². The Kier molecular flexibility index (Phi) is 3.69. The van der Waals surface area contributed by atoms with Crippen LogP contribution in [-0.2, 0) is 12.8 Å². The molecule has 3 N–H and O–H groups in total. The van der Waals surface area contributed by atoms with Crippen LogP contribution in [-0.4, -0.2) is 10.9 Å². The maximum atomic E-state index is 12.3. The van der Waals surface area contributed by atoms with E-state index >= 15 is 0 Å². The van der Waals surface area contributed by atoms with E-state index in [-0.39, 0.29) is 5.91 Å². The van der Waals surface area contributed by atoms with Crippen LogP contribution in [0.5, 0.6) is 0 Å². The molecule has 20 heavy (non-hydrogen) atoms. The molecule has 0 unspecified atom stereocenters. The van der Waals surface area contributed by atoms with Crippen molar-refractivity contribution in [1.82, 2.24) is 4.98 Å². The summed E-state index contributed by atoms with van der Waals surface area (Å²) in [6.45, 7) is 0. The normalized spacial score (nSPS) is 14.4. The number of aromatic nitrogens is 1. The monoisotopic (exact) mass is 287 g/mol. The third-order valence-corrected chi connectivity index (χ3v) is 4.81. The first-order valence-electron chi connectivity index (χ1n) is 6.86. The highest BCUT2D eigenvalue weighted by Crippen LogP contribution is 2.29. The molecular formula is C15H17N3OS. The molecule has 0 saturated heterocycles. The number of nitrogens with one attached hydrogen (secondary N) is 1. The van der Waals surface area contributed by atoms with Gasteiger partial charge in [0, 0.05) is 11.1 Å². The number of amides is 1. The van der Waals surface area contributed by atoms with Gasteiger partial charge in [-0.2, -0.15) is 0 Å². The van der Waals surface area contributed by atoms with Gasteiger partial charge in [-0.15, -0.1) is 11.3 Å². The average Bonchev–Trinajstić information content (AvgIpc) is 2.73. The van der Waals surface area contributed by atoms with E-state index in [1.807, 2.05) is 6.07 Å². The highest BCUT2D eigenvalue weighted by atomic mass is 32.1. The summed E-state index contributed by atoms with van der Waals surface area (Å²) in [6.07, 6.45) is 9.10. The van der Waals surface area contributed by atoms with Gasteiger partial charge in [-0.1, -0.05) is 6.42 Å². The SMILES string of the molecule is Nc1cnccc1NC(=O)c1cc2c(s1)CCCCC2. The predicted molar refractivity (Wildman–Crippen MR) is 82.2 cm³/mol. The van der Waals surface area contributed by atoms with Crippen LogP contribution in [0.2, 0.25) is 0 Å². The van der Waals surface area contributed by atoms with Crippen molar-refractivity contribution < 1.29 is 4.79 Å². The third-order valence-electron chi connectivity index (χ3n) is 3.57. The Labute approximate surface area is 122 Å². The van der Waals surface area contributed by atoms with Crippen molar-refractivity contribution in [3.63, 3.8) is 0 Å². The van der Waals surface area contributed by atoms with Gasteiger partial charge >= 0.3 is 0 Å². The van der Waals surface area contributed by atoms with E-state index < -0.39 is 0 Å². The second-order valence-corrected chi connectivity index (χ2v) is 6.17. The molecule has 2 aromatic rings. The number of nitrogens with zero attached hydrogens (tertiary/aromatic N) is 1. The quantitative estimate of drug-likeness (QED) is 0.833. The molecule has 1 amide bonds. The van der Waals surface area contributed by atoms with E-state index in [1.165, 1.54) is 29.7 Å². The highest BCUT2D eigenvalue weighted by Gasteiger charge is 2.17. The number of nitrogen functional groups attached to an aromatic ring is 1. The molecule has 5 heteroatoms. The number of pyridine rings is 1. The molecule has 2 aromatic heterocycles. The fourth-order valence-electron chi connectivity index (χ4n) is 2.48. The Morgan fingerprint density at radius 3 is 3.00 bits per heavy atom. The standard InChI is InChI=1S/C15H17N3OS/c16-11-9-17-7-6-12(11)18-15(19)14-8-10-4-2-1-3-5-13(10)20-14/h6-9H,1-5,16H2,(H,17,18,19). The van der Waals surface area contributed by atoms with Gasteiger partial charge in [0.25, 0.3) is 5.91 Å². The van der Waals surface area contributed by atoms with Crippen molar-refractivity contribution in [2.45, 2.75) is 32.1 Å². The number of rotatable bonds is 2. The maximum Gasteiger partial charge on any atom is 0.265 e. The van der Waals surface area contributed by atoms with Crippen LogP contribution in [0.4, 0.5) is 11.4 Å². The minimum absolute atomic E-state index is 0.0824. The molecular weight excluding hydrogens is 270 g/mol. The summed E-state index contributed by atoms with van der Waals surface area (Å²) in [4.78, 5) is 18.4. The fourth-order valence-corrected chi connectivity index (χ4v) is 3.63. The number of aryl methyl sites for hydroxylation is 2. The second-order valence-electron chi connectivity index (χ2n) is 5.04. The Morgan fingerprint density at radius 2 is 2.15 bits per heavy atom. The highest BCUT2D eigenvalue weighted by molar-refractivity contribution is 7.14. The Balaban J connectivity index is 1.79. The molecule has 4 nitrogen and oxygen atoms in total. The van der Waals surface area contributed by atoms with Crippen molar-refractivity contribution >= 4 is 28.6 Å². The summed E-state index contributed by atoms with van der Waals surface area (Å²) < 4.78 is 0. The number of carbonyl (C=O) groups excluding carboxylic acids is 1. The predicted octanol–water partition coefficient (Wildman–Crippen LogP) is 3.25. The third kappa shape index (κ3) is 2.67. The zero-order chi connectivity index (χ0) is 13.9. The number of fused-ring (bicyclic) bond motifs is 1. The van der Waals surface area contributed by atoms with Crippen molar-refractivity contribution in [1.29, 1.82) is 0 Å². The number of hydrogen-bond donors (Lipinski definition) is 2. The molecule has 0 aromatic carbocycles. The lowest BCUT2D eigenvalue weighted by molar-refractivity contribution is 0.103. The Hall–Kier alpha value is -1.88. The Morgan fingerprint density at radius 1 is 1.30 bits per heavy atom. The fraction of sp³-hybridized carbons (Fsp3) is 0.333. The van der Waals surface area contributed by atoms with Gasteiger partial charge in [0.05, 0.1) is 22.4 Å². The van der Waals surface area contributed by atoms with E-state index in [4.69, 9.17) is 5.73 Å². The minimum atomic E-state index is -0.0824. The van der Waals surface area contributed by atoms with Crippen LogP contribution in [0.1, 0.15) is 39.4 Å². The van der Waals surface area contributed by atoms with E-state index in [0.717, 1.165) is 17.7 Å². The second kappa shape index (κ2) is 5.63. The first-order valence-corrected chi connectivity index (χ1v) is 7.68. The van der Waals surface area contributed by atoms with Gasteiger partial charge in [-0.3, -0.25) is 9.78 Å². The molecule has 0 fully saturated rings. The van der Waals surface area contributed by atoms with Crippen molar-refractivity contribution in [2.75, 3.05) is 11.1 Å². The molecule has 0 aliphatic heterocycles. The van der Waals surface area contributed by atoms with Gasteiger partial charge in [-0.05, 0) is 43.4 Å². The van der Waals surface area contributed by atoms with Gasteiger partial charge in [-0.25, -0.2) is 0 Å². The topological polar surface area (TPSA) is 68.0 Å². The van der Waals surface area contributed by atoms with Gasteiger partial charge < -0.3 is 11.1 Å². The zero-order valence-electron chi connectivity index (χ0n) is 11.2. The van der Waals surface area contributed by atoms with E-state index in [1.54, 1.807) is 29.8 Å². The van der Waals surface area contributed by atoms with Gasteiger partial charge in [0.1, 0.15) is 0 Å².